The second-order valence-electron chi connectivity index (χ2n) is 4.38. The van der Waals surface area contributed by atoms with Gasteiger partial charge in [-0.15, -0.1) is 11.8 Å². The summed E-state index contributed by atoms with van der Waals surface area (Å²) in [6, 6.07) is 15.7. The van der Waals surface area contributed by atoms with Gasteiger partial charge in [0.15, 0.2) is 0 Å². The molecule has 0 bridgehead atoms. The van der Waals surface area contributed by atoms with Crippen LogP contribution in [0.5, 0.6) is 5.75 Å². The van der Waals surface area contributed by atoms with Gasteiger partial charge in [-0.1, -0.05) is 37.3 Å². The number of ether oxygens (including phenoxy) is 1. The van der Waals surface area contributed by atoms with Crippen LogP contribution >= 0.6 is 11.8 Å². The first-order chi connectivity index (χ1) is 9.76. The van der Waals surface area contributed by atoms with Gasteiger partial charge in [0.2, 0.25) is 0 Å². The summed E-state index contributed by atoms with van der Waals surface area (Å²) in [6.45, 7) is 4.67. The van der Waals surface area contributed by atoms with Crippen molar-refractivity contribution in [1.82, 2.24) is 0 Å². The van der Waals surface area contributed by atoms with Gasteiger partial charge >= 0.3 is 0 Å². The Balaban J connectivity index is 2.24. The Morgan fingerprint density at radius 3 is 2.40 bits per heavy atom. The van der Waals surface area contributed by atoms with Gasteiger partial charge in [0.1, 0.15) is 11.9 Å². The fraction of sp³-hybridized carbons (Fsp3) is 0.294. The van der Waals surface area contributed by atoms with Crippen molar-refractivity contribution in [1.29, 1.82) is 0 Å². The van der Waals surface area contributed by atoms with Crippen LogP contribution in [0.1, 0.15) is 31.1 Å². The smallest absolute Gasteiger partial charge is 0.125 e. The van der Waals surface area contributed by atoms with Gasteiger partial charge < -0.3 is 9.84 Å². The van der Waals surface area contributed by atoms with Crippen molar-refractivity contribution >= 4 is 11.8 Å². The fourth-order valence-electron chi connectivity index (χ4n) is 2.09. The summed E-state index contributed by atoms with van der Waals surface area (Å²) in [6.07, 6.45) is -0.654. The van der Waals surface area contributed by atoms with Crippen molar-refractivity contribution in [3.8, 4) is 5.75 Å². The van der Waals surface area contributed by atoms with Crippen LogP contribution in [0.2, 0.25) is 0 Å². The third-order valence-corrected chi connectivity index (χ3v) is 3.91. The van der Waals surface area contributed by atoms with E-state index in [2.05, 4.69) is 19.1 Å². The molecule has 106 valence electrons. The highest BCUT2D eigenvalue weighted by atomic mass is 32.2. The van der Waals surface area contributed by atoms with E-state index >= 15 is 0 Å². The highest BCUT2D eigenvalue weighted by Gasteiger charge is 2.15. The average Bonchev–Trinajstić information content (AvgIpc) is 2.49. The predicted molar refractivity (Wildman–Crippen MR) is 84.5 cm³/mol. The summed E-state index contributed by atoms with van der Waals surface area (Å²) < 4.78 is 5.58. The second kappa shape index (κ2) is 7.36. The van der Waals surface area contributed by atoms with Crippen LogP contribution in [0.3, 0.4) is 0 Å². The van der Waals surface area contributed by atoms with Gasteiger partial charge in [-0.25, -0.2) is 0 Å². The molecule has 1 unspecified atom stereocenters. The summed E-state index contributed by atoms with van der Waals surface area (Å²) >= 11 is 1.80. The highest BCUT2D eigenvalue weighted by molar-refractivity contribution is 7.99. The molecule has 0 aliphatic heterocycles. The van der Waals surface area contributed by atoms with E-state index in [-0.39, 0.29) is 0 Å². The van der Waals surface area contributed by atoms with E-state index in [1.54, 1.807) is 11.8 Å². The number of hydrogen-bond donors (Lipinski definition) is 1. The molecule has 2 aromatic rings. The van der Waals surface area contributed by atoms with E-state index in [0.717, 1.165) is 22.6 Å². The predicted octanol–water partition coefficient (Wildman–Crippen LogP) is 4.28. The molecule has 0 aliphatic carbocycles. The minimum absolute atomic E-state index is 0.593. The molecule has 0 amide bonds. The number of aliphatic hydroxyl groups is 1. The van der Waals surface area contributed by atoms with Crippen molar-refractivity contribution in [2.45, 2.75) is 24.8 Å². The summed E-state index contributed by atoms with van der Waals surface area (Å²) in [5.74, 6) is 1.80. The van der Waals surface area contributed by atoms with E-state index in [9.17, 15) is 5.11 Å². The van der Waals surface area contributed by atoms with Crippen molar-refractivity contribution < 1.29 is 9.84 Å². The van der Waals surface area contributed by atoms with Crippen LogP contribution < -0.4 is 4.74 Å². The lowest BCUT2D eigenvalue weighted by molar-refractivity contribution is 0.212. The quantitative estimate of drug-likeness (QED) is 0.805. The van der Waals surface area contributed by atoms with Crippen LogP contribution in [-0.4, -0.2) is 17.5 Å². The lowest BCUT2D eigenvalue weighted by atomic mass is 10.0. The number of hydrogen-bond acceptors (Lipinski definition) is 3. The van der Waals surface area contributed by atoms with Crippen LogP contribution in [0.25, 0.3) is 0 Å². The fourth-order valence-corrected chi connectivity index (χ4v) is 2.75. The third-order valence-electron chi connectivity index (χ3n) is 3.02. The number of thioether (sulfide) groups is 1. The molecule has 0 fully saturated rings. The Hall–Kier alpha value is -1.45. The van der Waals surface area contributed by atoms with E-state index in [1.165, 1.54) is 4.90 Å². The first kappa shape index (κ1) is 14.9. The Labute approximate surface area is 124 Å². The number of aliphatic hydroxyl groups excluding tert-OH is 1. The molecule has 20 heavy (non-hydrogen) atoms. The maximum Gasteiger partial charge on any atom is 0.125 e. The maximum atomic E-state index is 10.5. The molecule has 0 saturated carbocycles. The monoisotopic (exact) mass is 288 g/mol. The zero-order chi connectivity index (χ0) is 14.4. The van der Waals surface area contributed by atoms with Crippen molar-refractivity contribution in [3.63, 3.8) is 0 Å². The first-order valence-corrected chi connectivity index (χ1v) is 7.87. The topological polar surface area (TPSA) is 29.5 Å². The second-order valence-corrected chi connectivity index (χ2v) is 5.71. The molecule has 2 rings (SSSR count). The molecule has 1 N–H and O–H groups in total. The Morgan fingerprint density at radius 1 is 1.05 bits per heavy atom. The van der Waals surface area contributed by atoms with Gasteiger partial charge in [-0.3, -0.25) is 0 Å². The molecule has 3 heteroatoms. The van der Waals surface area contributed by atoms with Crippen LogP contribution in [0.15, 0.2) is 53.4 Å². The first-order valence-electron chi connectivity index (χ1n) is 6.88. The molecule has 0 aliphatic rings. The molecule has 0 heterocycles. The van der Waals surface area contributed by atoms with Gasteiger partial charge in [0.05, 0.1) is 6.61 Å². The summed E-state index contributed by atoms with van der Waals surface area (Å²) in [5, 5.41) is 10.5. The summed E-state index contributed by atoms with van der Waals surface area (Å²) in [5.41, 5.74) is 1.70. The molecule has 0 aromatic heterocycles. The molecule has 2 aromatic carbocycles. The summed E-state index contributed by atoms with van der Waals surface area (Å²) in [4.78, 5) is 1.22. The van der Waals surface area contributed by atoms with Crippen LogP contribution in [0, 0.1) is 0 Å². The molecular weight excluding hydrogens is 268 g/mol. The van der Waals surface area contributed by atoms with Crippen LogP contribution in [-0.2, 0) is 0 Å². The standard InChI is InChI=1S/C17H20O2S/c1-3-19-16-8-6-5-7-15(16)17(18)13-9-11-14(12-10-13)20-4-2/h5-12,17-18H,3-4H2,1-2H3. The summed E-state index contributed by atoms with van der Waals surface area (Å²) in [7, 11) is 0. The third kappa shape index (κ3) is 3.56. The largest absolute Gasteiger partial charge is 0.493 e. The van der Waals surface area contributed by atoms with E-state index < -0.39 is 6.10 Å². The van der Waals surface area contributed by atoms with Gasteiger partial charge in [0, 0.05) is 10.5 Å². The lowest BCUT2D eigenvalue weighted by Gasteiger charge is -2.16. The van der Waals surface area contributed by atoms with Gasteiger partial charge in [0.25, 0.3) is 0 Å². The Kier molecular flexibility index (Phi) is 5.50. The highest BCUT2D eigenvalue weighted by Crippen LogP contribution is 2.30. The zero-order valence-electron chi connectivity index (χ0n) is 11.9. The number of rotatable bonds is 6. The Morgan fingerprint density at radius 2 is 1.75 bits per heavy atom. The maximum absolute atomic E-state index is 10.5. The van der Waals surface area contributed by atoms with Crippen molar-refractivity contribution in [2.24, 2.45) is 0 Å². The SMILES string of the molecule is CCOc1ccccc1C(O)c1ccc(SCC)cc1. The molecule has 0 saturated heterocycles. The van der Waals surface area contributed by atoms with Crippen molar-refractivity contribution in [3.05, 3.63) is 59.7 Å². The lowest BCUT2D eigenvalue weighted by Crippen LogP contribution is -2.03. The molecular formula is C17H20O2S. The molecule has 1 atom stereocenters. The van der Waals surface area contributed by atoms with Crippen molar-refractivity contribution in [2.75, 3.05) is 12.4 Å². The number of benzene rings is 2. The van der Waals surface area contributed by atoms with Gasteiger partial charge in [-0.05, 0) is 36.4 Å². The van der Waals surface area contributed by atoms with Gasteiger partial charge in [-0.2, -0.15) is 0 Å². The minimum Gasteiger partial charge on any atom is -0.493 e. The van der Waals surface area contributed by atoms with E-state index in [0.29, 0.717) is 6.61 Å². The zero-order valence-corrected chi connectivity index (χ0v) is 12.7. The molecule has 0 spiro atoms. The molecule has 0 radical (unpaired) electrons. The molecule has 2 nitrogen and oxygen atoms in total. The minimum atomic E-state index is -0.654. The van der Waals surface area contributed by atoms with E-state index in [4.69, 9.17) is 4.74 Å². The van der Waals surface area contributed by atoms with E-state index in [1.807, 2.05) is 43.3 Å². The normalized spacial score (nSPS) is 12.2. The Bertz CT molecular complexity index is 537. The number of para-hydroxylation sites is 1. The average molecular weight is 288 g/mol. The van der Waals surface area contributed by atoms with Crippen LogP contribution in [0.4, 0.5) is 0 Å².